The predicted octanol–water partition coefficient (Wildman–Crippen LogP) is 4.32. The fraction of sp³-hybridized carbons (Fsp3) is 0.538. The van der Waals surface area contributed by atoms with Crippen molar-refractivity contribution in [3.05, 3.63) is 33.8 Å². The molecule has 1 aliphatic carbocycles. The summed E-state index contributed by atoms with van der Waals surface area (Å²) in [4.78, 5) is 0. The maximum atomic E-state index is 3.81. The number of rotatable bonds is 3. The van der Waals surface area contributed by atoms with Crippen LogP contribution >= 0.6 is 0 Å². The zero-order valence-corrected chi connectivity index (χ0v) is 12.9. The van der Waals surface area contributed by atoms with Crippen molar-refractivity contribution in [3.63, 3.8) is 0 Å². The molecule has 1 rings (SSSR count). The number of hydrogen-bond acceptors (Lipinski definition) is 0. The quantitative estimate of drug-likeness (QED) is 0.675. The summed E-state index contributed by atoms with van der Waals surface area (Å²) >= 11 is 0.592. The molecule has 0 saturated carbocycles. The second-order valence-corrected chi connectivity index (χ2v) is 6.04. The van der Waals surface area contributed by atoms with E-state index in [4.69, 9.17) is 0 Å². The van der Waals surface area contributed by atoms with Crippen LogP contribution in [0.3, 0.4) is 0 Å². The molecule has 0 spiro atoms. The van der Waals surface area contributed by atoms with Crippen LogP contribution in [0.25, 0.3) is 0 Å². The molecular formula is C13H20Cr2. The van der Waals surface area contributed by atoms with Crippen molar-refractivity contribution in [1.82, 2.24) is 0 Å². The van der Waals surface area contributed by atoms with E-state index in [-0.39, 0.29) is 17.4 Å². The van der Waals surface area contributed by atoms with Gasteiger partial charge >= 0.3 is 94.3 Å². The summed E-state index contributed by atoms with van der Waals surface area (Å²) in [6.45, 7) is 15.3. The summed E-state index contributed by atoms with van der Waals surface area (Å²) in [5.74, 6) is 0. The van der Waals surface area contributed by atoms with Crippen LogP contribution in [0.15, 0.2) is 33.8 Å². The molecule has 0 bridgehead atoms. The second kappa shape index (κ2) is 5.56. The molecule has 0 fully saturated rings. The number of allylic oxidation sites excluding steroid dienone is 5. The molecule has 0 amide bonds. The minimum absolute atomic E-state index is 0. The molecule has 0 aromatic rings. The van der Waals surface area contributed by atoms with Crippen LogP contribution in [-0.2, 0) is 32.6 Å². The van der Waals surface area contributed by atoms with Gasteiger partial charge < -0.3 is 0 Å². The summed E-state index contributed by atoms with van der Waals surface area (Å²) in [7, 11) is 0. The van der Waals surface area contributed by atoms with Crippen LogP contribution in [-0.4, -0.2) is 0 Å². The van der Waals surface area contributed by atoms with Crippen LogP contribution in [0, 0.1) is 5.41 Å². The Balaban J connectivity index is 0.00000196. The van der Waals surface area contributed by atoms with Crippen molar-refractivity contribution >= 4 is 0 Å². The molecule has 0 unspecified atom stereocenters. The topological polar surface area (TPSA) is 0 Å². The average Bonchev–Trinajstić information content (AvgIpc) is 2.27. The van der Waals surface area contributed by atoms with Gasteiger partial charge in [-0.3, -0.25) is 0 Å². The molecule has 0 saturated heterocycles. The third-order valence-corrected chi connectivity index (χ3v) is 5.67. The minimum Gasteiger partial charge on any atom is 0 e. The molecule has 0 N–H and O–H groups in total. The van der Waals surface area contributed by atoms with Gasteiger partial charge in [-0.2, -0.15) is 0 Å². The van der Waals surface area contributed by atoms with Gasteiger partial charge in [0.25, 0.3) is 0 Å². The Morgan fingerprint density at radius 3 is 2.07 bits per heavy atom. The first kappa shape index (κ1) is 15.3. The molecule has 0 aromatic heterocycles. The Kier molecular flexibility index (Phi) is 5.67. The molecule has 2 heteroatoms. The van der Waals surface area contributed by atoms with Crippen LogP contribution in [0.2, 0.25) is 5.28 Å². The first-order valence-electron chi connectivity index (χ1n) is 5.06. The fourth-order valence-electron chi connectivity index (χ4n) is 1.99. The maximum Gasteiger partial charge on any atom is 0 e. The largest absolute Gasteiger partial charge is 0 e. The Hall–Kier alpha value is 0.285. The van der Waals surface area contributed by atoms with E-state index in [2.05, 4.69) is 41.2 Å². The number of hydrogen-bond donors (Lipinski definition) is 0. The normalized spacial score (nSPS) is 19.3. The fourth-order valence-corrected chi connectivity index (χ4v) is 3.81. The van der Waals surface area contributed by atoms with E-state index in [0.717, 1.165) is 5.28 Å². The Morgan fingerprint density at radius 2 is 1.73 bits per heavy atom. The van der Waals surface area contributed by atoms with Crippen LogP contribution < -0.4 is 0 Å². The minimum atomic E-state index is 0. The average molecular weight is 280 g/mol. The third-order valence-electron chi connectivity index (χ3n) is 3.32. The van der Waals surface area contributed by atoms with Gasteiger partial charge in [-0.05, 0) is 0 Å². The molecule has 0 radical (unpaired) electrons. The Morgan fingerprint density at radius 1 is 1.20 bits per heavy atom. The van der Waals surface area contributed by atoms with E-state index in [1.807, 2.05) is 6.08 Å². The van der Waals surface area contributed by atoms with Crippen molar-refractivity contribution in [3.8, 4) is 0 Å². The van der Waals surface area contributed by atoms with Gasteiger partial charge in [-0.15, -0.1) is 0 Å². The maximum absolute atomic E-state index is 3.81. The van der Waals surface area contributed by atoms with Gasteiger partial charge in [0.1, 0.15) is 0 Å². The van der Waals surface area contributed by atoms with E-state index in [0.29, 0.717) is 20.6 Å². The van der Waals surface area contributed by atoms with Gasteiger partial charge in [-0.25, -0.2) is 0 Å². The molecule has 0 atom stereocenters. The first-order valence-corrected chi connectivity index (χ1v) is 6.60. The molecule has 0 aromatic carbocycles. The standard InChI is InChI=1S/C10H15.C3H5.2Cr/c1-7-6-10(4,5)9(3)8(7)2;1-3-2;;/h1-5H3;3H,1-2H2;;. The summed E-state index contributed by atoms with van der Waals surface area (Å²) < 4.78 is 1.67. The van der Waals surface area contributed by atoms with Gasteiger partial charge in [0.15, 0.2) is 0 Å². The van der Waals surface area contributed by atoms with Gasteiger partial charge in [0.2, 0.25) is 0 Å². The third kappa shape index (κ3) is 2.69. The molecular weight excluding hydrogens is 260 g/mol. The summed E-state index contributed by atoms with van der Waals surface area (Å²) in [6.07, 6.45) is 2.04. The van der Waals surface area contributed by atoms with Crippen molar-refractivity contribution in [1.29, 1.82) is 0 Å². The zero-order chi connectivity index (χ0) is 10.9. The molecule has 1 aliphatic rings. The Bertz CT molecular complexity index is 319. The van der Waals surface area contributed by atoms with E-state index >= 15 is 0 Å². The molecule has 84 valence electrons. The van der Waals surface area contributed by atoms with Crippen molar-refractivity contribution in [2.24, 2.45) is 5.41 Å². The predicted molar refractivity (Wildman–Crippen MR) is 59.9 cm³/mol. The smallest absolute Gasteiger partial charge is 0 e. The van der Waals surface area contributed by atoms with Crippen molar-refractivity contribution < 1.29 is 32.6 Å². The molecule has 0 heterocycles. The monoisotopic (exact) mass is 280 g/mol. The second-order valence-electron chi connectivity index (χ2n) is 4.43. The van der Waals surface area contributed by atoms with Crippen LogP contribution in [0.1, 0.15) is 34.6 Å². The van der Waals surface area contributed by atoms with Crippen molar-refractivity contribution in [2.75, 3.05) is 0 Å². The van der Waals surface area contributed by atoms with E-state index in [1.165, 1.54) is 11.1 Å². The zero-order valence-electron chi connectivity index (χ0n) is 10.3. The molecule has 0 aliphatic heterocycles. The summed E-state index contributed by atoms with van der Waals surface area (Å²) in [5, 5.41) is 1.16. The van der Waals surface area contributed by atoms with Crippen LogP contribution in [0.4, 0.5) is 0 Å². The molecule has 0 nitrogen and oxygen atoms in total. The van der Waals surface area contributed by atoms with E-state index < -0.39 is 0 Å². The van der Waals surface area contributed by atoms with Gasteiger partial charge in [0.05, 0.1) is 0 Å². The first-order chi connectivity index (χ1) is 6.42. The van der Waals surface area contributed by atoms with Crippen molar-refractivity contribution in [2.45, 2.75) is 39.9 Å². The Labute approximate surface area is 111 Å². The van der Waals surface area contributed by atoms with Gasteiger partial charge in [0, 0.05) is 17.4 Å². The summed E-state index contributed by atoms with van der Waals surface area (Å²) in [6, 6.07) is 0. The van der Waals surface area contributed by atoms with Crippen LogP contribution in [0.5, 0.6) is 0 Å². The summed E-state index contributed by atoms with van der Waals surface area (Å²) in [5.41, 5.74) is 4.90. The molecule has 15 heavy (non-hydrogen) atoms. The van der Waals surface area contributed by atoms with Gasteiger partial charge in [-0.1, -0.05) is 0 Å². The van der Waals surface area contributed by atoms with E-state index in [1.54, 1.807) is 10.0 Å². The van der Waals surface area contributed by atoms with E-state index in [9.17, 15) is 0 Å². The SMILES string of the molecule is C=C[CH2][Cr][C]1=C(C)C(C)=C(C)C1(C)C.[Cr].